The maximum atomic E-state index is 12.1. The Morgan fingerprint density at radius 2 is 0.825 bits per heavy atom. The molecule has 4 aromatic carbocycles. The highest BCUT2D eigenvalue weighted by molar-refractivity contribution is 5.83. The zero-order valence-electron chi connectivity index (χ0n) is 20.4. The first-order valence-electron chi connectivity index (χ1n) is 11.7. The van der Waals surface area contributed by atoms with Gasteiger partial charge in [-0.05, 0) is 60.7 Å². The Bertz CT molecular complexity index is 1870. The molecule has 0 aliphatic carbocycles. The molecule has 0 spiro atoms. The second kappa shape index (κ2) is 10.1. The fourth-order valence-electron chi connectivity index (χ4n) is 3.99. The van der Waals surface area contributed by atoms with Gasteiger partial charge in [0.1, 0.15) is 11.2 Å². The third-order valence-electron chi connectivity index (χ3n) is 6.02. The molecule has 0 aliphatic rings. The topological polar surface area (TPSA) is 182 Å². The quantitative estimate of drug-likeness (QED) is 0.161. The lowest BCUT2D eigenvalue weighted by Gasteiger charge is -2.06. The molecular formula is C30H20O10. The number of phenols is 4. The number of hydrogen-bond acceptors (Lipinski definition) is 10. The molecule has 0 saturated carbocycles. The number of para-hydroxylation sites is 2. The third kappa shape index (κ3) is 4.61. The first kappa shape index (κ1) is 25.7. The lowest BCUT2D eigenvalue weighted by Crippen LogP contribution is -2.02. The SMILES string of the molecule is O=c1c(O)c(-c2ccc(O)c(O)c2)oc2ccccc12.O=c1c(O)c(-c2ccc(O)c(O)c2)oc2ccccc12. The summed E-state index contributed by atoms with van der Waals surface area (Å²) in [6.45, 7) is 0. The normalized spacial score (nSPS) is 10.8. The van der Waals surface area contributed by atoms with Crippen molar-refractivity contribution in [2.75, 3.05) is 0 Å². The van der Waals surface area contributed by atoms with Gasteiger partial charge in [-0.15, -0.1) is 0 Å². The van der Waals surface area contributed by atoms with Crippen LogP contribution in [0.2, 0.25) is 0 Å². The Kier molecular flexibility index (Phi) is 6.50. The molecule has 6 N–H and O–H groups in total. The van der Waals surface area contributed by atoms with Crippen LogP contribution in [-0.4, -0.2) is 30.6 Å². The smallest absolute Gasteiger partial charge is 0.235 e. The minimum absolute atomic E-state index is 0.0519. The summed E-state index contributed by atoms with van der Waals surface area (Å²) in [5.74, 6) is -2.49. The molecule has 0 bridgehead atoms. The van der Waals surface area contributed by atoms with E-state index in [9.17, 15) is 40.2 Å². The van der Waals surface area contributed by atoms with Crippen LogP contribution in [0.3, 0.4) is 0 Å². The van der Waals surface area contributed by atoms with E-state index in [1.165, 1.54) is 36.4 Å². The molecule has 10 nitrogen and oxygen atoms in total. The van der Waals surface area contributed by atoms with Crippen LogP contribution in [0.5, 0.6) is 34.5 Å². The molecule has 0 radical (unpaired) electrons. The van der Waals surface area contributed by atoms with Gasteiger partial charge in [0, 0.05) is 11.1 Å². The minimum atomic E-state index is -0.547. The maximum absolute atomic E-state index is 12.1. The predicted molar refractivity (Wildman–Crippen MR) is 146 cm³/mol. The van der Waals surface area contributed by atoms with Crippen molar-refractivity contribution in [1.82, 2.24) is 0 Å². The molecule has 2 aromatic heterocycles. The molecule has 0 atom stereocenters. The monoisotopic (exact) mass is 540 g/mol. The molecule has 6 rings (SSSR count). The first-order valence-corrected chi connectivity index (χ1v) is 11.7. The largest absolute Gasteiger partial charge is 0.504 e. The van der Waals surface area contributed by atoms with Crippen molar-refractivity contribution >= 4 is 21.9 Å². The van der Waals surface area contributed by atoms with Crippen molar-refractivity contribution < 1.29 is 39.5 Å². The molecule has 40 heavy (non-hydrogen) atoms. The molecule has 200 valence electrons. The number of rotatable bonds is 2. The van der Waals surface area contributed by atoms with E-state index in [1.807, 2.05) is 0 Å². The van der Waals surface area contributed by atoms with Crippen molar-refractivity contribution in [2.24, 2.45) is 0 Å². The Labute approximate surface area is 224 Å². The second-order valence-electron chi connectivity index (χ2n) is 8.62. The van der Waals surface area contributed by atoms with Gasteiger partial charge in [0.15, 0.2) is 34.5 Å². The summed E-state index contributed by atoms with van der Waals surface area (Å²) in [4.78, 5) is 24.1. The van der Waals surface area contributed by atoms with Gasteiger partial charge in [0.05, 0.1) is 10.8 Å². The molecule has 10 heteroatoms. The number of hydrogen-bond donors (Lipinski definition) is 6. The van der Waals surface area contributed by atoms with Gasteiger partial charge in [-0.3, -0.25) is 9.59 Å². The Morgan fingerprint density at radius 3 is 1.20 bits per heavy atom. The van der Waals surface area contributed by atoms with E-state index in [4.69, 9.17) is 8.83 Å². The molecule has 0 aliphatic heterocycles. The standard InChI is InChI=1S/2C15H10O5/c2*16-10-6-5-8(7-11(10)17)15-14(19)13(18)9-3-1-2-4-12(9)20-15/h2*1-7,16-17,19H. The molecule has 2 heterocycles. The van der Waals surface area contributed by atoms with Crippen LogP contribution in [0, 0.1) is 0 Å². The second-order valence-corrected chi connectivity index (χ2v) is 8.62. The summed E-state index contributed by atoms with van der Waals surface area (Å²) in [7, 11) is 0. The van der Waals surface area contributed by atoms with Gasteiger partial charge in [0.25, 0.3) is 0 Å². The Hall–Kier alpha value is -5.90. The molecule has 6 aromatic rings. The molecule has 0 amide bonds. The Balaban J connectivity index is 0.000000161. The molecular weight excluding hydrogens is 520 g/mol. The summed E-state index contributed by atoms with van der Waals surface area (Å²) in [5, 5.41) is 58.0. The van der Waals surface area contributed by atoms with Gasteiger partial charge in [0.2, 0.25) is 22.4 Å². The van der Waals surface area contributed by atoms with Crippen LogP contribution in [-0.2, 0) is 0 Å². The lowest BCUT2D eigenvalue weighted by atomic mass is 10.1. The van der Waals surface area contributed by atoms with Gasteiger partial charge in [-0.2, -0.15) is 0 Å². The van der Waals surface area contributed by atoms with E-state index < -0.39 is 22.4 Å². The highest BCUT2D eigenvalue weighted by Crippen LogP contribution is 2.36. The van der Waals surface area contributed by atoms with E-state index >= 15 is 0 Å². The highest BCUT2D eigenvalue weighted by atomic mass is 16.4. The van der Waals surface area contributed by atoms with E-state index in [0.717, 1.165) is 0 Å². The van der Waals surface area contributed by atoms with E-state index in [-0.39, 0.29) is 45.3 Å². The van der Waals surface area contributed by atoms with Crippen LogP contribution in [0.4, 0.5) is 0 Å². The Morgan fingerprint density at radius 1 is 0.450 bits per heavy atom. The fraction of sp³-hybridized carbons (Fsp3) is 0. The van der Waals surface area contributed by atoms with Crippen LogP contribution >= 0.6 is 0 Å². The number of benzene rings is 4. The van der Waals surface area contributed by atoms with Crippen molar-refractivity contribution in [2.45, 2.75) is 0 Å². The molecule has 0 saturated heterocycles. The highest BCUT2D eigenvalue weighted by Gasteiger charge is 2.17. The van der Waals surface area contributed by atoms with Crippen molar-refractivity contribution in [1.29, 1.82) is 0 Å². The number of fused-ring (bicyclic) bond motifs is 2. The van der Waals surface area contributed by atoms with Crippen LogP contribution in [0.15, 0.2) is 103 Å². The summed E-state index contributed by atoms with van der Waals surface area (Å²) in [6, 6.07) is 20.9. The summed E-state index contributed by atoms with van der Waals surface area (Å²) < 4.78 is 11.0. The fourth-order valence-corrected chi connectivity index (χ4v) is 3.99. The average molecular weight is 540 g/mol. The maximum Gasteiger partial charge on any atom is 0.235 e. The summed E-state index contributed by atoms with van der Waals surface area (Å²) >= 11 is 0. The van der Waals surface area contributed by atoms with Crippen molar-refractivity contribution in [3.63, 3.8) is 0 Å². The molecule has 0 fully saturated rings. The minimum Gasteiger partial charge on any atom is -0.504 e. The summed E-state index contributed by atoms with van der Waals surface area (Å²) in [6.07, 6.45) is 0. The number of phenolic OH excluding ortho intramolecular Hbond substituents is 4. The number of aromatic hydroxyl groups is 6. The zero-order valence-corrected chi connectivity index (χ0v) is 20.4. The van der Waals surface area contributed by atoms with Gasteiger partial charge in [-0.1, -0.05) is 24.3 Å². The molecule has 0 unspecified atom stereocenters. The van der Waals surface area contributed by atoms with Crippen molar-refractivity contribution in [3.05, 3.63) is 105 Å². The third-order valence-corrected chi connectivity index (χ3v) is 6.02. The predicted octanol–water partition coefficient (Wildman–Crippen LogP) is 5.15. The average Bonchev–Trinajstić information content (AvgIpc) is 2.96. The first-order chi connectivity index (χ1) is 19.2. The van der Waals surface area contributed by atoms with Crippen LogP contribution < -0.4 is 10.9 Å². The zero-order chi connectivity index (χ0) is 28.6. The van der Waals surface area contributed by atoms with Gasteiger partial charge >= 0.3 is 0 Å². The lowest BCUT2D eigenvalue weighted by molar-refractivity contribution is 0.403. The summed E-state index contributed by atoms with van der Waals surface area (Å²) in [5.41, 5.74) is 0.154. The van der Waals surface area contributed by atoms with E-state index in [0.29, 0.717) is 22.3 Å². The van der Waals surface area contributed by atoms with Crippen LogP contribution in [0.1, 0.15) is 0 Å². The van der Waals surface area contributed by atoms with Gasteiger partial charge in [-0.25, -0.2) is 0 Å². The van der Waals surface area contributed by atoms with E-state index in [1.54, 1.807) is 48.5 Å². The van der Waals surface area contributed by atoms with Crippen LogP contribution in [0.25, 0.3) is 44.6 Å². The van der Waals surface area contributed by atoms with Gasteiger partial charge < -0.3 is 39.5 Å². The van der Waals surface area contributed by atoms with E-state index in [2.05, 4.69) is 0 Å². The van der Waals surface area contributed by atoms with Crippen molar-refractivity contribution in [3.8, 4) is 57.1 Å².